The van der Waals surface area contributed by atoms with Crippen LogP contribution < -0.4 is 10.5 Å². The van der Waals surface area contributed by atoms with Gasteiger partial charge in [0, 0.05) is 36.5 Å². The Morgan fingerprint density at radius 3 is 2.37 bits per heavy atom. The quantitative estimate of drug-likeness (QED) is 0.694. The predicted molar refractivity (Wildman–Crippen MR) is 102 cm³/mol. The number of carboxylic acids is 2. The van der Waals surface area contributed by atoms with Crippen molar-refractivity contribution in [2.45, 2.75) is 32.4 Å². The highest BCUT2D eigenvalue weighted by Crippen LogP contribution is 2.36. The van der Waals surface area contributed by atoms with Crippen LogP contribution in [0.3, 0.4) is 0 Å². The third kappa shape index (κ3) is 5.46. The Morgan fingerprint density at radius 2 is 1.81 bits per heavy atom. The Kier molecular flexibility index (Phi) is 6.79. The van der Waals surface area contributed by atoms with E-state index in [1.165, 1.54) is 22.4 Å². The number of aromatic nitrogens is 1. The molecule has 7 heteroatoms. The van der Waals surface area contributed by atoms with E-state index in [2.05, 4.69) is 29.0 Å². The average molecular weight is 372 g/mol. The topological polar surface area (TPSA) is 115 Å². The number of hydrogen-bond acceptors (Lipinski definition) is 4. The molecule has 1 aliphatic carbocycles. The van der Waals surface area contributed by atoms with Crippen LogP contribution in [-0.2, 0) is 29.0 Å². The van der Waals surface area contributed by atoms with Crippen LogP contribution in [0, 0.1) is 0 Å². The molecule has 0 radical (unpaired) electrons. The van der Waals surface area contributed by atoms with Crippen LogP contribution in [0.5, 0.6) is 5.75 Å². The molecular formula is C20H24N2O5. The zero-order valence-corrected chi connectivity index (χ0v) is 15.4. The van der Waals surface area contributed by atoms with Crippen molar-refractivity contribution >= 4 is 11.9 Å². The Labute approximate surface area is 157 Å². The Balaban J connectivity index is 0.000000279. The summed E-state index contributed by atoms with van der Waals surface area (Å²) >= 11 is 0. The number of fused-ring (bicyclic) bond motifs is 3. The highest BCUT2D eigenvalue weighted by atomic mass is 16.5. The number of methoxy groups -OCH3 is 1. The molecule has 0 unspecified atom stereocenters. The molecule has 27 heavy (non-hydrogen) atoms. The maximum absolute atomic E-state index is 9.55. The third-order valence-corrected chi connectivity index (χ3v) is 4.14. The summed E-state index contributed by atoms with van der Waals surface area (Å²) in [5, 5.41) is 15.6. The van der Waals surface area contributed by atoms with Crippen LogP contribution in [0.4, 0.5) is 0 Å². The summed E-state index contributed by atoms with van der Waals surface area (Å²) in [4.78, 5) is 19.1. The second-order valence-corrected chi connectivity index (χ2v) is 6.35. The van der Waals surface area contributed by atoms with E-state index in [-0.39, 0.29) is 6.04 Å². The van der Waals surface area contributed by atoms with E-state index in [0.29, 0.717) is 12.2 Å². The van der Waals surface area contributed by atoms with Crippen LogP contribution in [0.2, 0.25) is 0 Å². The van der Waals surface area contributed by atoms with Crippen LogP contribution in [0.15, 0.2) is 42.6 Å². The molecule has 0 saturated heterocycles. The number of nitrogens with zero attached hydrogens (tertiary/aromatic N) is 1. The van der Waals surface area contributed by atoms with Gasteiger partial charge in [-0.3, -0.25) is 0 Å². The van der Waals surface area contributed by atoms with Crippen molar-refractivity contribution in [2.75, 3.05) is 7.11 Å². The fourth-order valence-electron chi connectivity index (χ4n) is 3.04. The molecule has 0 aliphatic heterocycles. The molecular weight excluding hydrogens is 348 g/mol. The number of rotatable bonds is 5. The Hall–Kier alpha value is -3.06. The first kappa shape index (κ1) is 20.3. The molecule has 2 aromatic rings. The van der Waals surface area contributed by atoms with Gasteiger partial charge in [0.1, 0.15) is 5.75 Å². The van der Waals surface area contributed by atoms with E-state index in [9.17, 15) is 9.59 Å². The molecule has 144 valence electrons. The summed E-state index contributed by atoms with van der Waals surface area (Å²) in [7, 11) is 1.71. The normalized spacial score (nSPS) is 13.1. The molecule has 3 rings (SSSR count). The highest BCUT2D eigenvalue weighted by molar-refractivity contribution is 5.89. The van der Waals surface area contributed by atoms with Crippen LogP contribution >= 0.6 is 0 Å². The van der Waals surface area contributed by atoms with Crippen molar-refractivity contribution in [3.8, 4) is 17.0 Å². The number of aliphatic carboxylic acids is 2. The molecule has 0 bridgehead atoms. The minimum Gasteiger partial charge on any atom is -0.497 e. The number of carboxylic acid groups (broad SMARTS) is 2. The van der Waals surface area contributed by atoms with Crippen molar-refractivity contribution in [3.63, 3.8) is 0 Å². The van der Waals surface area contributed by atoms with Gasteiger partial charge in [-0.05, 0) is 49.1 Å². The number of aryl methyl sites for hydroxylation is 2. The lowest BCUT2D eigenvalue weighted by Gasteiger charge is -2.21. The molecule has 1 aromatic carbocycles. The van der Waals surface area contributed by atoms with E-state index in [0.717, 1.165) is 25.1 Å². The van der Waals surface area contributed by atoms with E-state index in [1.54, 1.807) is 7.11 Å². The first-order valence-corrected chi connectivity index (χ1v) is 8.56. The van der Waals surface area contributed by atoms with Gasteiger partial charge in [0.2, 0.25) is 0 Å². The van der Waals surface area contributed by atoms with Crippen LogP contribution in [-0.4, -0.2) is 39.9 Å². The smallest absolute Gasteiger partial charge is 0.328 e. The van der Waals surface area contributed by atoms with E-state index < -0.39 is 11.9 Å². The van der Waals surface area contributed by atoms with Gasteiger partial charge in [-0.25, -0.2) is 9.59 Å². The minimum absolute atomic E-state index is 0.160. The number of hydrogen-bond donors (Lipinski definition) is 3. The van der Waals surface area contributed by atoms with E-state index in [4.69, 9.17) is 20.7 Å². The first-order valence-electron chi connectivity index (χ1n) is 8.56. The maximum atomic E-state index is 9.55. The number of benzene rings is 1. The molecule has 1 heterocycles. The zero-order chi connectivity index (χ0) is 20.0. The lowest BCUT2D eigenvalue weighted by Crippen LogP contribution is -2.22. The summed E-state index contributed by atoms with van der Waals surface area (Å²) in [5.41, 5.74) is 11.4. The van der Waals surface area contributed by atoms with Crippen molar-refractivity contribution in [1.82, 2.24) is 4.57 Å². The van der Waals surface area contributed by atoms with E-state index in [1.807, 2.05) is 13.0 Å². The molecule has 4 N–H and O–H groups in total. The van der Waals surface area contributed by atoms with Crippen molar-refractivity contribution in [3.05, 3.63) is 53.7 Å². The third-order valence-electron chi connectivity index (χ3n) is 4.14. The fraction of sp³-hybridized carbons (Fsp3) is 0.300. The lowest BCUT2D eigenvalue weighted by atomic mass is 9.90. The monoisotopic (exact) mass is 372 g/mol. The van der Waals surface area contributed by atoms with Crippen molar-refractivity contribution in [2.24, 2.45) is 5.73 Å². The summed E-state index contributed by atoms with van der Waals surface area (Å²) in [6, 6.07) is 8.75. The molecule has 0 fully saturated rings. The van der Waals surface area contributed by atoms with Crippen molar-refractivity contribution in [1.29, 1.82) is 0 Å². The molecule has 0 spiro atoms. The standard InChI is InChI=1S/C16H20N2O.C4H4O4/c1-11(17)10-18-8-7-13-4-3-12-5-6-14(19-2)9-15(12)16(13)18;5-3(6)1-2-4(7)8/h5-9,11H,3-4,10,17H2,1-2H3;1-2H,(H,5,6)(H,7,8)/b;2-1+/t11-;/m0./s1. The van der Waals surface area contributed by atoms with Gasteiger partial charge >= 0.3 is 11.9 Å². The number of ether oxygens (including phenoxy) is 1. The van der Waals surface area contributed by atoms with Gasteiger partial charge in [0.05, 0.1) is 12.8 Å². The van der Waals surface area contributed by atoms with E-state index >= 15 is 0 Å². The average Bonchev–Trinajstić information content (AvgIpc) is 3.02. The predicted octanol–water partition coefficient (Wildman–Crippen LogP) is 2.32. The number of nitrogens with two attached hydrogens (primary N) is 1. The molecule has 1 aliphatic rings. The van der Waals surface area contributed by atoms with Gasteiger partial charge in [0.25, 0.3) is 0 Å². The Morgan fingerprint density at radius 1 is 1.19 bits per heavy atom. The lowest BCUT2D eigenvalue weighted by molar-refractivity contribution is -0.134. The van der Waals surface area contributed by atoms with Crippen LogP contribution in [0.25, 0.3) is 11.3 Å². The molecule has 1 atom stereocenters. The van der Waals surface area contributed by atoms with Gasteiger partial charge in [-0.1, -0.05) is 6.07 Å². The Bertz CT molecular complexity index is 836. The minimum atomic E-state index is -1.26. The largest absolute Gasteiger partial charge is 0.497 e. The SMILES string of the molecule is COc1ccc2c(c1)-c1c(ccn1C[C@H](C)N)CC2.O=C(O)/C=C/C(=O)O. The number of carbonyl (C=O) groups is 2. The summed E-state index contributed by atoms with van der Waals surface area (Å²) in [6.45, 7) is 2.90. The first-order chi connectivity index (χ1) is 12.8. The molecule has 0 saturated carbocycles. The summed E-state index contributed by atoms with van der Waals surface area (Å²) in [5.74, 6) is -1.60. The summed E-state index contributed by atoms with van der Waals surface area (Å²) < 4.78 is 7.63. The van der Waals surface area contributed by atoms with Gasteiger partial charge in [-0.2, -0.15) is 0 Å². The van der Waals surface area contributed by atoms with Crippen molar-refractivity contribution < 1.29 is 24.5 Å². The summed E-state index contributed by atoms with van der Waals surface area (Å²) in [6.07, 6.45) is 5.49. The molecule has 0 amide bonds. The van der Waals surface area contributed by atoms with Gasteiger partial charge < -0.3 is 25.3 Å². The second kappa shape index (κ2) is 9.05. The zero-order valence-electron chi connectivity index (χ0n) is 15.4. The van der Waals surface area contributed by atoms with Gasteiger partial charge in [0.15, 0.2) is 0 Å². The molecule has 7 nitrogen and oxygen atoms in total. The molecule has 1 aromatic heterocycles. The van der Waals surface area contributed by atoms with Crippen LogP contribution in [0.1, 0.15) is 18.1 Å². The maximum Gasteiger partial charge on any atom is 0.328 e. The highest BCUT2D eigenvalue weighted by Gasteiger charge is 2.20. The van der Waals surface area contributed by atoms with Gasteiger partial charge in [-0.15, -0.1) is 0 Å². The second-order valence-electron chi connectivity index (χ2n) is 6.35. The fourth-order valence-corrected chi connectivity index (χ4v) is 3.04.